The average molecular weight is 378 g/mol. The van der Waals surface area contributed by atoms with E-state index in [2.05, 4.69) is 9.47 Å². The molecule has 0 aliphatic rings. The molecule has 4 atom stereocenters. The number of aliphatic hydroxyl groups excluding tert-OH is 2. The largest absolute Gasteiger partial charge is 0.390 e. The maximum Gasteiger partial charge on any atom is 0.348 e. The SMILES string of the molecule is COC(F)C(F)(F)SCC(O)C(O)CSC(F)(F)C(F)OC. The van der Waals surface area contributed by atoms with E-state index in [-0.39, 0.29) is 23.5 Å². The number of alkyl halides is 6. The van der Waals surface area contributed by atoms with Crippen LogP contribution < -0.4 is 0 Å². The highest BCUT2D eigenvalue weighted by atomic mass is 32.2. The lowest BCUT2D eigenvalue weighted by atomic mass is 10.3. The van der Waals surface area contributed by atoms with E-state index in [1.54, 1.807) is 0 Å². The summed E-state index contributed by atoms with van der Waals surface area (Å²) in [6.07, 6.45) is -9.53. The molecule has 4 nitrogen and oxygen atoms in total. The maximum absolute atomic E-state index is 13.0. The van der Waals surface area contributed by atoms with E-state index in [0.717, 1.165) is 0 Å². The van der Waals surface area contributed by atoms with E-state index in [1.165, 1.54) is 0 Å². The van der Waals surface area contributed by atoms with Gasteiger partial charge in [0, 0.05) is 25.7 Å². The molecule has 2 N–H and O–H groups in total. The normalized spacial score (nSPS) is 18.8. The Bertz CT molecular complexity index is 296. The summed E-state index contributed by atoms with van der Waals surface area (Å²) in [5.41, 5.74) is 0. The van der Waals surface area contributed by atoms with Gasteiger partial charge in [0.2, 0.25) is 0 Å². The third kappa shape index (κ3) is 7.13. The summed E-state index contributed by atoms with van der Waals surface area (Å²) in [5.74, 6) is -1.68. The Hall–Kier alpha value is 0.120. The van der Waals surface area contributed by atoms with Gasteiger partial charge in [0.15, 0.2) is 0 Å². The maximum atomic E-state index is 13.0. The molecule has 0 saturated heterocycles. The molecule has 12 heteroatoms. The van der Waals surface area contributed by atoms with Gasteiger partial charge >= 0.3 is 10.5 Å². The van der Waals surface area contributed by atoms with Crippen LogP contribution in [-0.4, -0.2) is 71.4 Å². The van der Waals surface area contributed by atoms with Gasteiger partial charge in [0.05, 0.1) is 12.2 Å². The molecule has 0 bridgehead atoms. The summed E-state index contributed by atoms with van der Waals surface area (Å²) < 4.78 is 85.2. The summed E-state index contributed by atoms with van der Waals surface area (Å²) in [4.78, 5) is 0. The highest BCUT2D eigenvalue weighted by Crippen LogP contribution is 2.37. The van der Waals surface area contributed by atoms with Crippen LogP contribution in [0.15, 0.2) is 0 Å². The molecule has 0 heterocycles. The van der Waals surface area contributed by atoms with Crippen molar-refractivity contribution in [2.75, 3.05) is 25.7 Å². The zero-order valence-electron chi connectivity index (χ0n) is 11.5. The van der Waals surface area contributed by atoms with Crippen molar-refractivity contribution in [1.29, 1.82) is 0 Å². The number of hydrogen-bond acceptors (Lipinski definition) is 6. The molecule has 0 aromatic heterocycles. The van der Waals surface area contributed by atoms with Crippen molar-refractivity contribution < 1.29 is 46.0 Å². The molecule has 0 aromatic rings. The van der Waals surface area contributed by atoms with Crippen molar-refractivity contribution in [2.24, 2.45) is 0 Å². The molecule has 0 rings (SSSR count). The first-order valence-corrected chi connectivity index (χ1v) is 7.68. The lowest BCUT2D eigenvalue weighted by Gasteiger charge is -2.24. The molecule has 22 heavy (non-hydrogen) atoms. The predicted octanol–water partition coefficient (Wildman–Crippen LogP) is 2.24. The molecule has 0 radical (unpaired) electrons. The van der Waals surface area contributed by atoms with Gasteiger partial charge in [0.25, 0.3) is 12.7 Å². The van der Waals surface area contributed by atoms with Crippen LogP contribution in [0.25, 0.3) is 0 Å². The highest BCUT2D eigenvalue weighted by Gasteiger charge is 2.44. The number of rotatable bonds is 11. The minimum Gasteiger partial charge on any atom is -0.390 e. The number of thioether (sulfide) groups is 2. The second-order valence-corrected chi connectivity index (χ2v) is 6.32. The molecule has 0 aliphatic heterocycles. The molecule has 0 fully saturated rings. The fraction of sp³-hybridized carbons (Fsp3) is 1.00. The van der Waals surface area contributed by atoms with Crippen molar-refractivity contribution >= 4 is 23.5 Å². The fourth-order valence-corrected chi connectivity index (χ4v) is 2.71. The van der Waals surface area contributed by atoms with Gasteiger partial charge in [-0.3, -0.25) is 0 Å². The Kier molecular flexibility index (Phi) is 9.48. The fourth-order valence-electron chi connectivity index (χ4n) is 1.02. The van der Waals surface area contributed by atoms with Crippen LogP contribution in [0.1, 0.15) is 0 Å². The van der Waals surface area contributed by atoms with Crippen LogP contribution in [-0.2, 0) is 9.47 Å². The van der Waals surface area contributed by atoms with Crippen molar-refractivity contribution in [1.82, 2.24) is 0 Å². The second-order valence-electron chi connectivity index (χ2n) is 3.98. The quantitative estimate of drug-likeness (QED) is 0.538. The third-order valence-electron chi connectivity index (χ3n) is 2.28. The Balaban J connectivity index is 4.31. The number of hydrogen-bond donors (Lipinski definition) is 2. The third-order valence-corrected chi connectivity index (χ3v) is 4.44. The molecule has 4 unspecified atom stereocenters. The molecule has 0 spiro atoms. The van der Waals surface area contributed by atoms with Gasteiger partial charge in [0.1, 0.15) is 0 Å². The molecular weight excluding hydrogens is 362 g/mol. The predicted molar refractivity (Wildman–Crippen MR) is 70.6 cm³/mol. The standard InChI is InChI=1S/C10H16F6O4S2/c1-19-7(11)9(13,14)21-3-5(17)6(18)4-22-10(15,16)8(12)20-2/h5-8,17-18H,3-4H2,1-2H3. The van der Waals surface area contributed by atoms with Crippen molar-refractivity contribution in [2.45, 2.75) is 35.4 Å². The Labute approximate surface area is 131 Å². The topological polar surface area (TPSA) is 58.9 Å². The zero-order valence-corrected chi connectivity index (χ0v) is 13.2. The molecule has 0 amide bonds. The van der Waals surface area contributed by atoms with Crippen LogP contribution in [0.2, 0.25) is 0 Å². The summed E-state index contributed by atoms with van der Waals surface area (Å²) in [5, 5.41) is 10.8. The van der Waals surface area contributed by atoms with Crippen LogP contribution in [0, 0.1) is 0 Å². The van der Waals surface area contributed by atoms with Crippen LogP contribution >= 0.6 is 23.5 Å². The van der Waals surface area contributed by atoms with Gasteiger partial charge in [-0.1, -0.05) is 23.5 Å². The smallest absolute Gasteiger partial charge is 0.348 e. The van der Waals surface area contributed by atoms with E-state index >= 15 is 0 Å². The monoisotopic (exact) mass is 378 g/mol. The lowest BCUT2D eigenvalue weighted by molar-refractivity contribution is -0.130. The van der Waals surface area contributed by atoms with E-state index in [4.69, 9.17) is 0 Å². The molecule has 134 valence electrons. The number of methoxy groups -OCH3 is 2. The summed E-state index contributed by atoms with van der Waals surface area (Å²) in [7, 11) is 1.43. The number of aliphatic hydroxyl groups is 2. The minimum atomic E-state index is -3.98. The number of halogens is 6. The Morgan fingerprint density at radius 1 is 0.818 bits per heavy atom. The first-order valence-electron chi connectivity index (χ1n) is 5.71. The molecule has 0 aromatic carbocycles. The molecule has 0 aliphatic carbocycles. The van der Waals surface area contributed by atoms with Crippen LogP contribution in [0.4, 0.5) is 26.3 Å². The van der Waals surface area contributed by atoms with Crippen LogP contribution in [0.3, 0.4) is 0 Å². The van der Waals surface area contributed by atoms with Crippen molar-refractivity contribution in [3.05, 3.63) is 0 Å². The first kappa shape index (κ1) is 22.1. The molecule has 0 saturated carbocycles. The minimum absolute atomic E-state index is 0.347. The first-order chi connectivity index (χ1) is 9.97. The summed E-state index contributed by atoms with van der Waals surface area (Å²) >= 11 is -0.694. The Morgan fingerprint density at radius 2 is 1.09 bits per heavy atom. The van der Waals surface area contributed by atoms with Gasteiger partial charge in [-0.15, -0.1) is 0 Å². The lowest BCUT2D eigenvalue weighted by Crippen LogP contribution is -2.36. The van der Waals surface area contributed by atoms with Crippen molar-refractivity contribution in [3.8, 4) is 0 Å². The van der Waals surface area contributed by atoms with Crippen LogP contribution in [0.5, 0.6) is 0 Å². The van der Waals surface area contributed by atoms with Gasteiger partial charge in [-0.05, 0) is 0 Å². The summed E-state index contributed by atoms with van der Waals surface area (Å²) in [6, 6.07) is 0. The van der Waals surface area contributed by atoms with E-state index in [1.807, 2.05) is 0 Å². The van der Waals surface area contributed by atoms with Gasteiger partial charge in [-0.2, -0.15) is 17.6 Å². The number of ether oxygens (including phenoxy) is 2. The van der Waals surface area contributed by atoms with E-state index < -0.39 is 46.9 Å². The Morgan fingerprint density at radius 3 is 1.32 bits per heavy atom. The highest BCUT2D eigenvalue weighted by molar-refractivity contribution is 8.00. The molecular formula is C10H16F6O4S2. The summed E-state index contributed by atoms with van der Waals surface area (Å²) in [6.45, 7) is 0. The van der Waals surface area contributed by atoms with Gasteiger partial charge < -0.3 is 19.7 Å². The van der Waals surface area contributed by atoms with Gasteiger partial charge in [-0.25, -0.2) is 8.78 Å². The second kappa shape index (κ2) is 9.42. The van der Waals surface area contributed by atoms with E-state index in [0.29, 0.717) is 14.2 Å². The van der Waals surface area contributed by atoms with E-state index in [9.17, 15) is 36.6 Å². The zero-order chi connectivity index (χ0) is 17.6. The average Bonchev–Trinajstić information content (AvgIpc) is 2.48. The van der Waals surface area contributed by atoms with Crippen molar-refractivity contribution in [3.63, 3.8) is 0 Å².